The van der Waals surface area contributed by atoms with Gasteiger partial charge in [0.25, 0.3) is 0 Å². The summed E-state index contributed by atoms with van der Waals surface area (Å²) in [6, 6.07) is 16.9. The Balaban J connectivity index is 1.62. The summed E-state index contributed by atoms with van der Waals surface area (Å²) in [7, 11) is 2.20. The Labute approximate surface area is 162 Å². The fraction of sp³-hybridized carbons (Fsp3) is 0.478. The summed E-state index contributed by atoms with van der Waals surface area (Å²) in [5, 5.41) is 0. The van der Waals surface area contributed by atoms with Crippen molar-refractivity contribution in [2.45, 2.75) is 38.5 Å². The lowest BCUT2D eigenvalue weighted by Gasteiger charge is -2.42. The Morgan fingerprint density at radius 2 is 1.78 bits per heavy atom. The summed E-state index contributed by atoms with van der Waals surface area (Å²) in [6.45, 7) is 7.66. The van der Waals surface area contributed by atoms with Crippen molar-refractivity contribution in [3.8, 4) is 11.5 Å². The lowest BCUT2D eigenvalue weighted by Crippen LogP contribution is -2.52. The van der Waals surface area contributed by atoms with E-state index in [9.17, 15) is 0 Å². The molecule has 27 heavy (non-hydrogen) atoms. The van der Waals surface area contributed by atoms with Gasteiger partial charge in [0.05, 0.1) is 6.61 Å². The zero-order valence-electron chi connectivity index (χ0n) is 16.5. The second-order valence-corrected chi connectivity index (χ2v) is 7.88. The summed E-state index contributed by atoms with van der Waals surface area (Å²) in [5.41, 5.74) is 2.43. The molecular formula is C23H30N2O2. The molecule has 0 aromatic heterocycles. The Kier molecular flexibility index (Phi) is 5.37. The largest absolute Gasteiger partial charge is 0.494 e. The minimum atomic E-state index is -0.0975. The molecule has 4 nitrogen and oxygen atoms in total. The molecule has 0 atom stereocenters. The first-order chi connectivity index (χ1) is 13.2. The van der Waals surface area contributed by atoms with Gasteiger partial charge in [-0.2, -0.15) is 0 Å². The first-order valence-corrected chi connectivity index (χ1v) is 10.1. The van der Waals surface area contributed by atoms with Gasteiger partial charge in [0.15, 0.2) is 0 Å². The number of hydrogen-bond donors (Lipinski definition) is 0. The van der Waals surface area contributed by atoms with E-state index >= 15 is 0 Å². The quantitative estimate of drug-likeness (QED) is 0.818. The third-order valence-electron chi connectivity index (χ3n) is 5.77. The average molecular weight is 367 g/mol. The van der Waals surface area contributed by atoms with Gasteiger partial charge in [-0.15, -0.1) is 0 Å². The van der Waals surface area contributed by atoms with Gasteiger partial charge in [0.2, 0.25) is 0 Å². The normalized spacial score (nSPS) is 19.9. The van der Waals surface area contributed by atoms with Crippen molar-refractivity contribution in [1.29, 1.82) is 0 Å². The predicted molar refractivity (Wildman–Crippen MR) is 108 cm³/mol. The highest BCUT2D eigenvalue weighted by Crippen LogP contribution is 2.36. The molecule has 0 aliphatic carbocycles. The van der Waals surface area contributed by atoms with Crippen LogP contribution in [0.5, 0.6) is 11.5 Å². The van der Waals surface area contributed by atoms with Crippen LogP contribution in [0, 0.1) is 0 Å². The van der Waals surface area contributed by atoms with E-state index < -0.39 is 0 Å². The van der Waals surface area contributed by atoms with E-state index in [0.29, 0.717) is 6.61 Å². The van der Waals surface area contributed by atoms with Crippen molar-refractivity contribution in [2.24, 2.45) is 0 Å². The van der Waals surface area contributed by atoms with Crippen LogP contribution >= 0.6 is 0 Å². The molecule has 2 heterocycles. The summed E-state index contributed by atoms with van der Waals surface area (Å²) in [5.74, 6) is 2.05. The summed E-state index contributed by atoms with van der Waals surface area (Å²) in [6.07, 6.45) is 2.14. The molecule has 2 aliphatic heterocycles. The topological polar surface area (TPSA) is 24.9 Å². The monoisotopic (exact) mass is 366 g/mol. The third kappa shape index (κ3) is 4.12. The second-order valence-electron chi connectivity index (χ2n) is 7.88. The number of ether oxygens (including phenoxy) is 2. The van der Waals surface area contributed by atoms with Crippen LogP contribution in [-0.4, -0.2) is 48.7 Å². The van der Waals surface area contributed by atoms with Crippen LogP contribution in [0.4, 0.5) is 0 Å². The highest BCUT2D eigenvalue weighted by Gasteiger charge is 2.40. The van der Waals surface area contributed by atoms with E-state index in [4.69, 9.17) is 9.47 Å². The summed E-state index contributed by atoms with van der Waals surface area (Å²) >= 11 is 0. The van der Waals surface area contributed by atoms with E-state index in [-0.39, 0.29) is 5.60 Å². The van der Waals surface area contributed by atoms with Gasteiger partial charge in [-0.05, 0) is 26.1 Å². The molecule has 144 valence electrons. The molecule has 0 unspecified atom stereocenters. The molecule has 0 saturated carbocycles. The zero-order chi connectivity index (χ0) is 18.7. The Morgan fingerprint density at radius 3 is 2.59 bits per heavy atom. The van der Waals surface area contributed by atoms with Crippen molar-refractivity contribution in [3.05, 3.63) is 59.7 Å². The van der Waals surface area contributed by atoms with Crippen LogP contribution < -0.4 is 9.47 Å². The lowest BCUT2D eigenvalue weighted by molar-refractivity contribution is -0.0147. The predicted octanol–water partition coefficient (Wildman–Crippen LogP) is 3.94. The van der Waals surface area contributed by atoms with Crippen LogP contribution in [0.2, 0.25) is 0 Å². The minimum Gasteiger partial charge on any atom is -0.494 e. The van der Waals surface area contributed by atoms with Gasteiger partial charge in [0.1, 0.15) is 17.1 Å². The number of hydrogen-bond acceptors (Lipinski definition) is 4. The average Bonchev–Trinajstić information content (AvgIpc) is 2.82. The van der Waals surface area contributed by atoms with Gasteiger partial charge in [-0.3, -0.25) is 4.90 Å². The Hall–Kier alpha value is -2.04. The molecule has 0 amide bonds. The standard InChI is InChI=1S/C23H30N2O2/c1-3-26-21-10-6-4-8-19(21)16-25-17-20-9-5-7-11-22(20)27-23(18-25)12-14-24(2)15-13-23/h4-11H,3,12-18H2,1-2H3. The number of para-hydroxylation sites is 2. The van der Waals surface area contributed by atoms with Gasteiger partial charge < -0.3 is 14.4 Å². The first kappa shape index (κ1) is 18.3. The Morgan fingerprint density at radius 1 is 1.04 bits per heavy atom. The SMILES string of the molecule is CCOc1ccccc1CN1Cc2ccccc2OC2(CCN(C)CC2)C1. The van der Waals surface area contributed by atoms with Gasteiger partial charge in [0, 0.05) is 56.7 Å². The number of rotatable bonds is 4. The van der Waals surface area contributed by atoms with E-state index in [1.165, 1.54) is 11.1 Å². The summed E-state index contributed by atoms with van der Waals surface area (Å²) < 4.78 is 12.5. The molecule has 2 aliphatic rings. The Bertz CT molecular complexity index is 768. The van der Waals surface area contributed by atoms with E-state index in [0.717, 1.165) is 57.1 Å². The number of benzene rings is 2. The molecule has 1 spiro atoms. The maximum absolute atomic E-state index is 6.68. The minimum absolute atomic E-state index is 0.0975. The van der Waals surface area contributed by atoms with Crippen LogP contribution in [0.1, 0.15) is 30.9 Å². The molecule has 2 aromatic carbocycles. The van der Waals surface area contributed by atoms with E-state index in [1.54, 1.807) is 0 Å². The molecule has 2 aromatic rings. The van der Waals surface area contributed by atoms with Crippen molar-refractivity contribution in [1.82, 2.24) is 9.80 Å². The number of nitrogens with zero attached hydrogens (tertiary/aromatic N) is 2. The van der Waals surface area contributed by atoms with Gasteiger partial charge >= 0.3 is 0 Å². The molecule has 1 saturated heterocycles. The van der Waals surface area contributed by atoms with Crippen LogP contribution in [0.25, 0.3) is 0 Å². The molecule has 4 heteroatoms. The van der Waals surface area contributed by atoms with E-state index in [2.05, 4.69) is 59.3 Å². The van der Waals surface area contributed by atoms with Crippen molar-refractivity contribution in [3.63, 3.8) is 0 Å². The maximum Gasteiger partial charge on any atom is 0.124 e. The molecule has 0 radical (unpaired) electrons. The molecule has 0 bridgehead atoms. The fourth-order valence-electron chi connectivity index (χ4n) is 4.27. The second kappa shape index (κ2) is 7.91. The van der Waals surface area contributed by atoms with E-state index in [1.807, 2.05) is 13.0 Å². The molecule has 0 N–H and O–H groups in total. The van der Waals surface area contributed by atoms with Crippen LogP contribution in [0.15, 0.2) is 48.5 Å². The van der Waals surface area contributed by atoms with Gasteiger partial charge in [-0.25, -0.2) is 0 Å². The smallest absolute Gasteiger partial charge is 0.124 e. The van der Waals surface area contributed by atoms with Crippen LogP contribution in [0.3, 0.4) is 0 Å². The summed E-state index contributed by atoms with van der Waals surface area (Å²) in [4.78, 5) is 4.94. The van der Waals surface area contributed by atoms with Gasteiger partial charge in [-0.1, -0.05) is 36.4 Å². The highest BCUT2D eigenvalue weighted by molar-refractivity contribution is 5.36. The highest BCUT2D eigenvalue weighted by atomic mass is 16.5. The number of piperidine rings is 1. The molecule has 1 fully saturated rings. The van der Waals surface area contributed by atoms with Crippen LogP contribution in [-0.2, 0) is 13.1 Å². The zero-order valence-corrected chi connectivity index (χ0v) is 16.5. The van der Waals surface area contributed by atoms with Crippen molar-refractivity contribution >= 4 is 0 Å². The van der Waals surface area contributed by atoms with Crippen molar-refractivity contribution < 1.29 is 9.47 Å². The maximum atomic E-state index is 6.68. The number of fused-ring (bicyclic) bond motifs is 1. The lowest BCUT2D eigenvalue weighted by atomic mass is 9.90. The molecule has 4 rings (SSSR count). The first-order valence-electron chi connectivity index (χ1n) is 10.1. The molecular weight excluding hydrogens is 336 g/mol. The number of likely N-dealkylation sites (tertiary alicyclic amines) is 1. The third-order valence-corrected chi connectivity index (χ3v) is 5.77. The van der Waals surface area contributed by atoms with Crippen molar-refractivity contribution in [2.75, 3.05) is 33.3 Å². The fourth-order valence-corrected chi connectivity index (χ4v) is 4.27.